The van der Waals surface area contributed by atoms with Gasteiger partial charge in [0, 0.05) is 30.1 Å². The van der Waals surface area contributed by atoms with E-state index in [1.54, 1.807) is 6.92 Å². The molecule has 0 radical (unpaired) electrons. The standard InChI is InChI=1S/C24H29N5O2/c1-14-6-4-9-20(15(14)2)25-23(30)18-7-5-8-19(12-18)29-22(17-10-11-17)13-21(28-29)24-27-26-16(3)31-24/h5,7-8,12-15,17,20H,4,6,9-11H2,1-3H3,(H,25,30)/t14-,15+,20+/m0/s1. The highest BCUT2D eigenvalue weighted by Gasteiger charge is 2.31. The Morgan fingerprint density at radius 3 is 2.71 bits per heavy atom. The molecule has 162 valence electrons. The molecule has 0 saturated heterocycles. The van der Waals surface area contributed by atoms with Gasteiger partial charge in [0.15, 0.2) is 0 Å². The number of aromatic nitrogens is 4. The maximum absolute atomic E-state index is 13.0. The molecule has 3 aromatic rings. The smallest absolute Gasteiger partial charge is 0.268 e. The van der Waals surface area contributed by atoms with E-state index in [0.717, 1.165) is 30.6 Å². The molecule has 0 bridgehead atoms. The van der Waals surface area contributed by atoms with E-state index >= 15 is 0 Å². The molecule has 3 atom stereocenters. The summed E-state index contributed by atoms with van der Waals surface area (Å²) in [6.45, 7) is 6.30. The number of carbonyl (C=O) groups is 1. The lowest BCUT2D eigenvalue weighted by Crippen LogP contribution is -2.43. The summed E-state index contributed by atoms with van der Waals surface area (Å²) in [4.78, 5) is 13.0. The monoisotopic (exact) mass is 419 g/mol. The van der Waals surface area contributed by atoms with Crippen LogP contribution in [0, 0.1) is 18.8 Å². The van der Waals surface area contributed by atoms with Crippen molar-refractivity contribution in [3.05, 3.63) is 47.5 Å². The van der Waals surface area contributed by atoms with Crippen molar-refractivity contribution in [2.75, 3.05) is 0 Å². The van der Waals surface area contributed by atoms with E-state index in [-0.39, 0.29) is 11.9 Å². The first kappa shape index (κ1) is 20.0. The van der Waals surface area contributed by atoms with Crippen LogP contribution in [0.4, 0.5) is 0 Å². The maximum atomic E-state index is 13.0. The highest BCUT2D eigenvalue weighted by molar-refractivity contribution is 5.95. The fourth-order valence-electron chi connectivity index (χ4n) is 4.59. The minimum Gasteiger partial charge on any atom is -0.420 e. The summed E-state index contributed by atoms with van der Waals surface area (Å²) >= 11 is 0. The molecule has 5 rings (SSSR count). The second-order valence-electron chi connectivity index (χ2n) is 9.16. The summed E-state index contributed by atoms with van der Waals surface area (Å²) in [6.07, 6.45) is 5.76. The van der Waals surface area contributed by atoms with Crippen LogP contribution < -0.4 is 5.32 Å². The molecule has 2 fully saturated rings. The van der Waals surface area contributed by atoms with Gasteiger partial charge in [-0.15, -0.1) is 10.2 Å². The average Bonchev–Trinajstić information content (AvgIpc) is 3.37. The second kappa shape index (κ2) is 7.94. The Balaban J connectivity index is 1.42. The van der Waals surface area contributed by atoms with Crippen LogP contribution in [0.1, 0.15) is 73.8 Å². The quantitative estimate of drug-likeness (QED) is 0.650. The van der Waals surface area contributed by atoms with Crippen LogP contribution in [0.3, 0.4) is 0 Å². The van der Waals surface area contributed by atoms with Gasteiger partial charge in [-0.25, -0.2) is 4.68 Å². The molecule has 1 aromatic carbocycles. The molecule has 7 nitrogen and oxygen atoms in total. The third kappa shape index (κ3) is 4.01. The molecule has 2 aromatic heterocycles. The number of hydrogen-bond donors (Lipinski definition) is 1. The summed E-state index contributed by atoms with van der Waals surface area (Å²) in [7, 11) is 0. The molecule has 2 saturated carbocycles. The van der Waals surface area contributed by atoms with Crippen molar-refractivity contribution in [3.63, 3.8) is 0 Å². The van der Waals surface area contributed by atoms with Gasteiger partial charge in [-0.2, -0.15) is 5.10 Å². The molecule has 0 unspecified atom stereocenters. The second-order valence-corrected chi connectivity index (χ2v) is 9.16. The minimum absolute atomic E-state index is 0.0133. The average molecular weight is 420 g/mol. The summed E-state index contributed by atoms with van der Waals surface area (Å²) in [6, 6.07) is 9.98. The lowest BCUT2D eigenvalue weighted by atomic mass is 9.78. The minimum atomic E-state index is -0.0133. The summed E-state index contributed by atoms with van der Waals surface area (Å²) in [5.74, 6) is 2.54. The summed E-state index contributed by atoms with van der Waals surface area (Å²) in [5.41, 5.74) is 3.33. The molecule has 7 heteroatoms. The Kier molecular flexibility index (Phi) is 5.12. The van der Waals surface area contributed by atoms with Crippen molar-refractivity contribution >= 4 is 5.91 Å². The Hall–Kier alpha value is -2.96. The fraction of sp³-hybridized carbons (Fsp3) is 0.500. The zero-order valence-corrected chi connectivity index (χ0v) is 18.3. The molecule has 2 aliphatic carbocycles. The first-order valence-electron chi connectivity index (χ1n) is 11.3. The van der Waals surface area contributed by atoms with Crippen molar-refractivity contribution in [2.24, 2.45) is 11.8 Å². The highest BCUT2D eigenvalue weighted by atomic mass is 16.4. The topological polar surface area (TPSA) is 85.8 Å². The van der Waals surface area contributed by atoms with Crippen LogP contribution in [-0.2, 0) is 0 Å². The van der Waals surface area contributed by atoms with Crippen molar-refractivity contribution in [3.8, 4) is 17.3 Å². The number of rotatable bonds is 5. The maximum Gasteiger partial charge on any atom is 0.268 e. The molecule has 2 aliphatic rings. The van der Waals surface area contributed by atoms with Crippen LogP contribution in [0.2, 0.25) is 0 Å². The predicted octanol–water partition coefficient (Wildman–Crippen LogP) is 4.66. The highest BCUT2D eigenvalue weighted by Crippen LogP contribution is 2.42. The number of aryl methyl sites for hydroxylation is 1. The van der Waals surface area contributed by atoms with Gasteiger partial charge < -0.3 is 9.73 Å². The zero-order valence-electron chi connectivity index (χ0n) is 18.3. The molecule has 0 spiro atoms. The normalized spacial score (nSPS) is 23.6. The van der Waals surface area contributed by atoms with Gasteiger partial charge in [0.05, 0.1) is 5.69 Å². The molecular weight excluding hydrogens is 390 g/mol. The fourth-order valence-corrected chi connectivity index (χ4v) is 4.59. The lowest BCUT2D eigenvalue weighted by Gasteiger charge is -2.34. The third-order valence-electron chi connectivity index (χ3n) is 6.85. The van der Waals surface area contributed by atoms with Crippen LogP contribution >= 0.6 is 0 Å². The van der Waals surface area contributed by atoms with Gasteiger partial charge in [-0.3, -0.25) is 4.79 Å². The molecule has 0 aliphatic heterocycles. The van der Waals surface area contributed by atoms with E-state index in [2.05, 4.69) is 29.4 Å². The van der Waals surface area contributed by atoms with Gasteiger partial charge >= 0.3 is 0 Å². The summed E-state index contributed by atoms with van der Waals surface area (Å²) < 4.78 is 7.50. The predicted molar refractivity (Wildman–Crippen MR) is 117 cm³/mol. The Morgan fingerprint density at radius 1 is 1.13 bits per heavy atom. The van der Waals surface area contributed by atoms with E-state index < -0.39 is 0 Å². The molecule has 31 heavy (non-hydrogen) atoms. The van der Waals surface area contributed by atoms with Gasteiger partial charge in [0.2, 0.25) is 5.89 Å². The largest absolute Gasteiger partial charge is 0.420 e. The van der Waals surface area contributed by atoms with E-state index in [1.165, 1.54) is 12.8 Å². The van der Waals surface area contributed by atoms with E-state index in [4.69, 9.17) is 9.52 Å². The molecule has 1 N–H and O–H groups in total. The zero-order chi connectivity index (χ0) is 21.5. The van der Waals surface area contributed by atoms with Gasteiger partial charge in [-0.05, 0) is 55.4 Å². The Bertz CT molecular complexity index is 1100. The number of amides is 1. The van der Waals surface area contributed by atoms with Crippen molar-refractivity contribution in [1.29, 1.82) is 0 Å². The number of nitrogens with zero attached hydrogens (tertiary/aromatic N) is 4. The molecule has 1 amide bonds. The number of hydrogen-bond acceptors (Lipinski definition) is 5. The van der Waals surface area contributed by atoms with Crippen LogP contribution in [-0.4, -0.2) is 31.9 Å². The van der Waals surface area contributed by atoms with Gasteiger partial charge in [-0.1, -0.05) is 32.8 Å². The van der Waals surface area contributed by atoms with E-state index in [9.17, 15) is 4.79 Å². The van der Waals surface area contributed by atoms with E-state index in [0.29, 0.717) is 40.8 Å². The van der Waals surface area contributed by atoms with Gasteiger partial charge in [0.25, 0.3) is 11.8 Å². The SMILES string of the molecule is Cc1nnc(-c2cc(C3CC3)n(-c3cccc(C(=O)N[C@@H]4CCC[C@H](C)[C@H]4C)c3)n2)o1. The van der Waals surface area contributed by atoms with Gasteiger partial charge in [0.1, 0.15) is 5.69 Å². The molecular formula is C24H29N5O2. The number of carbonyl (C=O) groups excluding carboxylic acids is 1. The number of benzene rings is 1. The molecule has 2 heterocycles. The first-order valence-corrected chi connectivity index (χ1v) is 11.3. The number of nitrogens with one attached hydrogen (secondary N) is 1. The van der Waals surface area contributed by atoms with Crippen LogP contribution in [0.15, 0.2) is 34.7 Å². The van der Waals surface area contributed by atoms with E-state index in [1.807, 2.05) is 35.0 Å². The van der Waals surface area contributed by atoms with Crippen molar-refractivity contribution < 1.29 is 9.21 Å². The first-order chi connectivity index (χ1) is 15.0. The Labute approximate surface area is 182 Å². The third-order valence-corrected chi connectivity index (χ3v) is 6.85. The lowest BCUT2D eigenvalue weighted by molar-refractivity contribution is 0.0891. The van der Waals surface area contributed by atoms with Crippen LogP contribution in [0.25, 0.3) is 17.3 Å². The van der Waals surface area contributed by atoms with Crippen LogP contribution in [0.5, 0.6) is 0 Å². The van der Waals surface area contributed by atoms with Crippen molar-refractivity contribution in [2.45, 2.75) is 64.8 Å². The van der Waals surface area contributed by atoms with Crippen molar-refractivity contribution in [1.82, 2.24) is 25.3 Å². The Morgan fingerprint density at radius 2 is 1.97 bits per heavy atom. The summed E-state index contributed by atoms with van der Waals surface area (Å²) in [5, 5.41) is 16.1.